The van der Waals surface area contributed by atoms with Gasteiger partial charge in [0.15, 0.2) is 0 Å². The number of carbonyl (C=O) groups excluding carboxylic acids is 1. The first-order valence-corrected chi connectivity index (χ1v) is 6.83. The first-order valence-electron chi connectivity index (χ1n) is 5.30. The number of nitrogens with two attached hydrogens (primary N) is 1. The number of rotatable bonds is 3. The Morgan fingerprint density at radius 3 is 2.94 bits per heavy atom. The number of H-pyrrole nitrogens is 1. The summed E-state index contributed by atoms with van der Waals surface area (Å²) in [6.45, 7) is 2.11. The Labute approximate surface area is 113 Å². The van der Waals surface area contributed by atoms with Crippen LogP contribution in [0.2, 0.25) is 0 Å². The van der Waals surface area contributed by atoms with Crippen LogP contribution in [0.3, 0.4) is 0 Å². The lowest BCUT2D eigenvalue weighted by atomic mass is 10.1. The number of carbonyl (C=O) groups is 1. The molecule has 17 heavy (non-hydrogen) atoms. The number of hydrogen-bond acceptors (Lipinski definition) is 3. The number of alkyl halides is 1. The van der Waals surface area contributed by atoms with Crippen molar-refractivity contribution in [3.63, 3.8) is 0 Å². The van der Waals surface area contributed by atoms with E-state index in [1.54, 1.807) is 6.92 Å². The molecule has 4 nitrogen and oxygen atoms in total. The SMILES string of the molecule is CCOC(=O)c1[nH]c2cc(CI)ccc2c1N. The second-order valence-corrected chi connectivity index (χ2v) is 4.41. The minimum atomic E-state index is -0.405. The largest absolute Gasteiger partial charge is 0.461 e. The number of aromatic nitrogens is 1. The smallest absolute Gasteiger partial charge is 0.356 e. The van der Waals surface area contributed by atoms with Gasteiger partial charge in [0, 0.05) is 15.3 Å². The van der Waals surface area contributed by atoms with Crippen molar-refractivity contribution >= 4 is 45.2 Å². The van der Waals surface area contributed by atoms with Crippen molar-refractivity contribution in [1.82, 2.24) is 4.98 Å². The first kappa shape index (κ1) is 12.2. The molecule has 1 aromatic carbocycles. The summed E-state index contributed by atoms with van der Waals surface area (Å²) in [6.07, 6.45) is 0. The van der Waals surface area contributed by atoms with Crippen LogP contribution in [0.1, 0.15) is 23.0 Å². The molecule has 0 atom stereocenters. The number of halogens is 1. The molecule has 0 saturated heterocycles. The third-order valence-corrected chi connectivity index (χ3v) is 3.42. The summed E-state index contributed by atoms with van der Waals surface area (Å²) >= 11 is 2.29. The van der Waals surface area contributed by atoms with E-state index in [1.807, 2.05) is 18.2 Å². The highest BCUT2D eigenvalue weighted by Gasteiger charge is 2.16. The molecule has 1 heterocycles. The fourth-order valence-corrected chi connectivity index (χ4v) is 2.19. The molecule has 0 amide bonds. The van der Waals surface area contributed by atoms with Crippen LogP contribution < -0.4 is 5.73 Å². The monoisotopic (exact) mass is 344 g/mol. The second-order valence-electron chi connectivity index (χ2n) is 3.65. The van der Waals surface area contributed by atoms with Gasteiger partial charge in [0.25, 0.3) is 0 Å². The molecule has 2 aromatic rings. The lowest BCUT2D eigenvalue weighted by molar-refractivity contribution is 0.0522. The van der Waals surface area contributed by atoms with Crippen molar-refractivity contribution in [2.24, 2.45) is 0 Å². The van der Waals surface area contributed by atoms with Gasteiger partial charge < -0.3 is 15.5 Å². The third kappa shape index (κ3) is 2.24. The van der Waals surface area contributed by atoms with Gasteiger partial charge in [-0.25, -0.2) is 4.79 Å². The molecule has 0 saturated carbocycles. The zero-order chi connectivity index (χ0) is 12.4. The lowest BCUT2D eigenvalue weighted by Crippen LogP contribution is -2.07. The van der Waals surface area contributed by atoms with Gasteiger partial charge in [-0.1, -0.05) is 34.7 Å². The maximum Gasteiger partial charge on any atom is 0.356 e. The number of benzene rings is 1. The molecular formula is C12H13IN2O2. The van der Waals surface area contributed by atoms with Crippen molar-refractivity contribution in [3.05, 3.63) is 29.5 Å². The number of esters is 1. The molecular weight excluding hydrogens is 331 g/mol. The van der Waals surface area contributed by atoms with Crippen LogP contribution >= 0.6 is 22.6 Å². The van der Waals surface area contributed by atoms with Crippen LogP contribution in [-0.2, 0) is 9.16 Å². The molecule has 5 heteroatoms. The molecule has 0 fully saturated rings. The Hall–Kier alpha value is -1.24. The van der Waals surface area contributed by atoms with E-state index < -0.39 is 5.97 Å². The van der Waals surface area contributed by atoms with Crippen molar-refractivity contribution in [3.8, 4) is 0 Å². The molecule has 1 aromatic heterocycles. The van der Waals surface area contributed by atoms with Gasteiger partial charge in [-0.05, 0) is 18.6 Å². The van der Waals surface area contributed by atoms with Crippen molar-refractivity contribution in [2.45, 2.75) is 11.4 Å². The second kappa shape index (κ2) is 4.95. The maximum absolute atomic E-state index is 11.7. The molecule has 0 aliphatic heterocycles. The zero-order valence-corrected chi connectivity index (χ0v) is 11.6. The Bertz CT molecular complexity index is 563. The van der Waals surface area contributed by atoms with Crippen LogP contribution in [0.4, 0.5) is 5.69 Å². The number of fused-ring (bicyclic) bond motifs is 1. The van der Waals surface area contributed by atoms with E-state index in [-0.39, 0.29) is 0 Å². The number of aromatic amines is 1. The third-order valence-electron chi connectivity index (χ3n) is 2.54. The summed E-state index contributed by atoms with van der Waals surface area (Å²) in [5, 5.41) is 0.863. The van der Waals surface area contributed by atoms with Gasteiger partial charge in [0.2, 0.25) is 0 Å². The standard InChI is InChI=1S/C12H13IN2O2/c1-2-17-12(16)11-10(14)8-4-3-7(6-13)5-9(8)15-11/h3-5,15H,2,6,14H2,1H3. The minimum absolute atomic E-state index is 0.340. The molecule has 0 bridgehead atoms. The number of nitrogen functional groups attached to an aromatic ring is 1. The van der Waals surface area contributed by atoms with Crippen LogP contribution in [0.5, 0.6) is 0 Å². The highest BCUT2D eigenvalue weighted by atomic mass is 127. The van der Waals surface area contributed by atoms with Gasteiger partial charge >= 0.3 is 5.97 Å². The van der Waals surface area contributed by atoms with Crippen LogP contribution in [0.15, 0.2) is 18.2 Å². The van der Waals surface area contributed by atoms with Crippen LogP contribution in [0, 0.1) is 0 Å². The van der Waals surface area contributed by atoms with Gasteiger partial charge in [-0.3, -0.25) is 0 Å². The molecule has 90 valence electrons. The Balaban J connectivity index is 2.52. The van der Waals surface area contributed by atoms with Crippen molar-refractivity contribution < 1.29 is 9.53 Å². The number of hydrogen-bond donors (Lipinski definition) is 2. The van der Waals surface area contributed by atoms with E-state index in [4.69, 9.17) is 10.5 Å². The van der Waals surface area contributed by atoms with Gasteiger partial charge in [-0.15, -0.1) is 0 Å². The fourth-order valence-electron chi connectivity index (χ4n) is 1.71. The summed E-state index contributed by atoms with van der Waals surface area (Å²) in [5.41, 5.74) is 8.79. The predicted molar refractivity (Wildman–Crippen MR) is 76.4 cm³/mol. The van der Waals surface area contributed by atoms with E-state index in [0.717, 1.165) is 15.3 Å². The molecule has 0 radical (unpaired) electrons. The fraction of sp³-hybridized carbons (Fsp3) is 0.250. The minimum Gasteiger partial charge on any atom is -0.461 e. The summed E-state index contributed by atoms with van der Waals surface area (Å²) in [7, 11) is 0. The van der Waals surface area contributed by atoms with E-state index in [9.17, 15) is 4.79 Å². The first-order chi connectivity index (χ1) is 8.17. The highest BCUT2D eigenvalue weighted by Crippen LogP contribution is 2.26. The maximum atomic E-state index is 11.7. The normalized spacial score (nSPS) is 10.7. The summed E-state index contributed by atoms with van der Waals surface area (Å²) in [6, 6.07) is 5.94. The van der Waals surface area contributed by atoms with E-state index in [0.29, 0.717) is 18.0 Å². The summed E-state index contributed by atoms with van der Waals surface area (Å²) in [4.78, 5) is 14.7. The predicted octanol–water partition coefficient (Wildman–Crippen LogP) is 2.86. The van der Waals surface area contributed by atoms with Crippen LogP contribution in [0.25, 0.3) is 10.9 Å². The summed E-state index contributed by atoms with van der Waals surface area (Å²) < 4.78 is 5.86. The molecule has 0 spiro atoms. The van der Waals surface area contributed by atoms with E-state index in [2.05, 4.69) is 27.6 Å². The van der Waals surface area contributed by atoms with Crippen molar-refractivity contribution in [1.29, 1.82) is 0 Å². The molecule has 0 aliphatic rings. The quantitative estimate of drug-likeness (QED) is 0.511. The Kier molecular flexibility index (Phi) is 3.56. The topological polar surface area (TPSA) is 68.1 Å². The Morgan fingerprint density at radius 1 is 1.53 bits per heavy atom. The average molecular weight is 344 g/mol. The Morgan fingerprint density at radius 2 is 2.29 bits per heavy atom. The molecule has 2 rings (SSSR count). The van der Waals surface area contributed by atoms with Gasteiger partial charge in [0.1, 0.15) is 5.69 Å². The van der Waals surface area contributed by atoms with E-state index in [1.165, 1.54) is 5.56 Å². The lowest BCUT2D eigenvalue weighted by Gasteiger charge is -1.99. The molecule has 3 N–H and O–H groups in total. The highest BCUT2D eigenvalue weighted by molar-refractivity contribution is 14.1. The number of nitrogens with one attached hydrogen (secondary N) is 1. The average Bonchev–Trinajstić information content (AvgIpc) is 2.66. The van der Waals surface area contributed by atoms with Gasteiger partial charge in [-0.2, -0.15) is 0 Å². The van der Waals surface area contributed by atoms with E-state index >= 15 is 0 Å². The number of ether oxygens (including phenoxy) is 1. The zero-order valence-electron chi connectivity index (χ0n) is 9.42. The van der Waals surface area contributed by atoms with Gasteiger partial charge in [0.05, 0.1) is 12.3 Å². The summed E-state index contributed by atoms with van der Waals surface area (Å²) in [5.74, 6) is -0.405. The molecule has 0 aliphatic carbocycles. The number of anilines is 1. The van der Waals surface area contributed by atoms with Crippen LogP contribution in [-0.4, -0.2) is 17.6 Å². The molecule has 0 unspecified atom stereocenters. The van der Waals surface area contributed by atoms with Crippen molar-refractivity contribution in [2.75, 3.05) is 12.3 Å².